The lowest BCUT2D eigenvalue weighted by molar-refractivity contribution is -0.304. The fourth-order valence-corrected chi connectivity index (χ4v) is 3.77. The second kappa shape index (κ2) is 8.23. The van der Waals surface area contributed by atoms with Crippen LogP contribution >= 0.6 is 0 Å². The molecule has 2 aliphatic heterocycles. The monoisotopic (exact) mass is 436 g/mol. The normalized spacial score (nSPS) is 30.2. The highest BCUT2D eigenvalue weighted by atomic mass is 16.7. The summed E-state index contributed by atoms with van der Waals surface area (Å²) < 4.78 is 22.1. The molecule has 6 atom stereocenters. The minimum absolute atomic E-state index is 0.0151. The summed E-state index contributed by atoms with van der Waals surface area (Å²) in [6.07, 6.45) is -7.07. The molecule has 0 bridgehead atoms. The molecule has 5 N–H and O–H groups in total. The van der Waals surface area contributed by atoms with Crippen LogP contribution in [0, 0.1) is 0 Å². The maximum absolute atomic E-state index is 12.6. The number of aliphatic hydroxyl groups is 4. The first-order valence-electron chi connectivity index (χ1n) is 9.77. The van der Waals surface area contributed by atoms with Gasteiger partial charge in [0.05, 0.1) is 6.61 Å². The number of aromatic hydroxyl groups is 1. The largest absolute Gasteiger partial charge is 0.507 e. The van der Waals surface area contributed by atoms with E-state index in [9.17, 15) is 30.3 Å². The number of fused-ring (bicyclic) bond motifs is 2. The summed E-state index contributed by atoms with van der Waals surface area (Å²) in [5.74, 6) is 0.266. The van der Waals surface area contributed by atoms with Crippen molar-refractivity contribution >= 4 is 11.0 Å². The van der Waals surface area contributed by atoms with Crippen LogP contribution in [0.4, 0.5) is 0 Å². The highest BCUT2D eigenvalue weighted by Gasteiger charge is 2.44. The molecular weight excluding hydrogens is 412 g/mol. The SMILES string of the molecule is C=C(C)[C@@H]1Cc2c(cc3oc(CO[C@@H]4O[C@H](CO)[C@@H](O)[C@H](O)[C@H]4O)cc(=O)c3c2O)O1. The molecule has 4 rings (SSSR count). The van der Waals surface area contributed by atoms with Gasteiger partial charge in [-0.15, -0.1) is 0 Å². The van der Waals surface area contributed by atoms with Gasteiger partial charge in [-0.3, -0.25) is 4.79 Å². The van der Waals surface area contributed by atoms with E-state index in [1.807, 2.05) is 6.92 Å². The third kappa shape index (κ3) is 3.82. The predicted octanol–water partition coefficient (Wildman–Crippen LogP) is -0.305. The predicted molar refractivity (Wildman–Crippen MR) is 106 cm³/mol. The van der Waals surface area contributed by atoms with Gasteiger partial charge in [-0.2, -0.15) is 0 Å². The van der Waals surface area contributed by atoms with Crippen LogP contribution in [0.2, 0.25) is 0 Å². The zero-order valence-electron chi connectivity index (χ0n) is 16.7. The zero-order valence-corrected chi connectivity index (χ0v) is 16.7. The summed E-state index contributed by atoms with van der Waals surface area (Å²) >= 11 is 0. The van der Waals surface area contributed by atoms with Crippen LogP contribution in [0.15, 0.2) is 33.5 Å². The van der Waals surface area contributed by atoms with E-state index in [0.717, 1.165) is 11.6 Å². The Morgan fingerprint density at radius 2 is 1.97 bits per heavy atom. The minimum atomic E-state index is -1.59. The van der Waals surface area contributed by atoms with E-state index in [1.54, 1.807) is 0 Å². The smallest absolute Gasteiger partial charge is 0.196 e. The first kappa shape index (κ1) is 21.8. The van der Waals surface area contributed by atoms with Gasteiger partial charge < -0.3 is 44.2 Å². The molecular formula is C21H24O10. The molecule has 1 aromatic carbocycles. The maximum Gasteiger partial charge on any atom is 0.196 e. The number of aliphatic hydroxyl groups excluding tert-OH is 4. The summed E-state index contributed by atoms with van der Waals surface area (Å²) in [7, 11) is 0. The van der Waals surface area contributed by atoms with Crippen LogP contribution < -0.4 is 10.2 Å². The molecule has 2 aromatic rings. The Bertz CT molecular complexity index is 1060. The lowest BCUT2D eigenvalue weighted by Crippen LogP contribution is -2.59. The van der Waals surface area contributed by atoms with Crippen LogP contribution in [-0.2, 0) is 22.5 Å². The molecule has 0 amide bonds. The molecule has 2 aliphatic rings. The molecule has 10 heteroatoms. The Morgan fingerprint density at radius 1 is 1.23 bits per heavy atom. The molecule has 10 nitrogen and oxygen atoms in total. The van der Waals surface area contributed by atoms with E-state index < -0.39 is 42.7 Å². The van der Waals surface area contributed by atoms with Crippen molar-refractivity contribution in [2.24, 2.45) is 0 Å². The van der Waals surface area contributed by atoms with Crippen LogP contribution in [-0.4, -0.2) is 68.9 Å². The van der Waals surface area contributed by atoms with Gasteiger partial charge in [0.1, 0.15) is 65.4 Å². The van der Waals surface area contributed by atoms with Crippen LogP contribution in [0.25, 0.3) is 11.0 Å². The number of hydrogen-bond acceptors (Lipinski definition) is 10. The summed E-state index contributed by atoms with van der Waals surface area (Å²) in [5, 5.41) is 49.6. The summed E-state index contributed by atoms with van der Waals surface area (Å²) in [6, 6.07) is 2.66. The topological polar surface area (TPSA) is 159 Å². The highest BCUT2D eigenvalue weighted by molar-refractivity contribution is 5.87. The molecule has 0 radical (unpaired) electrons. The van der Waals surface area contributed by atoms with E-state index in [4.69, 9.17) is 18.6 Å². The second-order valence-corrected chi connectivity index (χ2v) is 7.82. The Hall–Kier alpha value is -2.47. The number of ether oxygens (including phenoxy) is 3. The summed E-state index contributed by atoms with van der Waals surface area (Å²) in [4.78, 5) is 12.6. The van der Waals surface area contributed by atoms with Gasteiger partial charge in [0.15, 0.2) is 11.7 Å². The fourth-order valence-electron chi connectivity index (χ4n) is 3.77. The van der Waals surface area contributed by atoms with Gasteiger partial charge >= 0.3 is 0 Å². The van der Waals surface area contributed by atoms with Crippen molar-refractivity contribution in [2.45, 2.75) is 56.8 Å². The molecule has 31 heavy (non-hydrogen) atoms. The van der Waals surface area contributed by atoms with E-state index in [2.05, 4.69) is 6.58 Å². The number of hydrogen-bond donors (Lipinski definition) is 5. The Balaban J connectivity index is 1.58. The molecule has 1 fully saturated rings. The van der Waals surface area contributed by atoms with Crippen molar-refractivity contribution in [3.8, 4) is 11.5 Å². The van der Waals surface area contributed by atoms with Gasteiger partial charge in [0.25, 0.3) is 0 Å². The molecule has 0 aliphatic carbocycles. The Kier molecular flexibility index (Phi) is 5.77. The molecule has 0 saturated carbocycles. The molecule has 0 spiro atoms. The van der Waals surface area contributed by atoms with Crippen LogP contribution in [0.1, 0.15) is 18.2 Å². The van der Waals surface area contributed by atoms with Gasteiger partial charge in [0, 0.05) is 24.1 Å². The van der Waals surface area contributed by atoms with Crippen molar-refractivity contribution in [1.82, 2.24) is 0 Å². The van der Waals surface area contributed by atoms with Gasteiger partial charge in [0.2, 0.25) is 0 Å². The lowest BCUT2D eigenvalue weighted by atomic mass is 9.99. The minimum Gasteiger partial charge on any atom is -0.507 e. The van der Waals surface area contributed by atoms with Crippen molar-refractivity contribution in [2.75, 3.05) is 6.61 Å². The van der Waals surface area contributed by atoms with E-state index >= 15 is 0 Å². The first-order chi connectivity index (χ1) is 14.7. The van der Waals surface area contributed by atoms with Crippen LogP contribution in [0.5, 0.6) is 11.5 Å². The number of phenols is 1. The third-order valence-electron chi connectivity index (χ3n) is 5.55. The maximum atomic E-state index is 12.6. The molecule has 3 heterocycles. The standard InChI is InChI=1S/C21H24O10/c1-8(2)12-4-10-13(30-12)5-14-16(17(10)24)11(23)3-9(29-14)7-28-21-20(27)19(26)18(25)15(6-22)31-21/h3,5,12,15,18-22,24-27H,1,4,6-7H2,2H3/t12-,15+,18+,19-,20+,21+/m0/s1. The average molecular weight is 436 g/mol. The van der Waals surface area contributed by atoms with E-state index in [0.29, 0.717) is 17.7 Å². The highest BCUT2D eigenvalue weighted by Crippen LogP contribution is 2.41. The fraction of sp³-hybridized carbons (Fsp3) is 0.476. The molecule has 0 unspecified atom stereocenters. The molecule has 168 valence electrons. The quantitative estimate of drug-likeness (QED) is 0.394. The van der Waals surface area contributed by atoms with E-state index in [1.165, 1.54) is 6.07 Å². The van der Waals surface area contributed by atoms with E-state index in [-0.39, 0.29) is 35.2 Å². The average Bonchev–Trinajstić information content (AvgIpc) is 3.16. The van der Waals surface area contributed by atoms with Crippen molar-refractivity contribution in [1.29, 1.82) is 0 Å². The molecule has 1 aromatic heterocycles. The number of phenolic OH excluding ortho intramolecular Hbond substituents is 1. The Labute approximate surface area is 176 Å². The summed E-state index contributed by atoms with van der Waals surface area (Å²) in [5.41, 5.74) is 0.900. The van der Waals surface area contributed by atoms with Crippen molar-refractivity contribution in [3.63, 3.8) is 0 Å². The molecule has 1 saturated heterocycles. The Morgan fingerprint density at radius 3 is 2.65 bits per heavy atom. The second-order valence-electron chi connectivity index (χ2n) is 7.82. The van der Waals surface area contributed by atoms with Crippen molar-refractivity contribution < 1.29 is 44.2 Å². The lowest BCUT2D eigenvalue weighted by Gasteiger charge is -2.39. The van der Waals surface area contributed by atoms with Gasteiger partial charge in [-0.05, 0) is 12.5 Å². The van der Waals surface area contributed by atoms with Crippen molar-refractivity contribution in [3.05, 3.63) is 45.8 Å². The zero-order chi connectivity index (χ0) is 22.4. The van der Waals surface area contributed by atoms with Gasteiger partial charge in [-0.25, -0.2) is 0 Å². The number of benzene rings is 1. The van der Waals surface area contributed by atoms with Gasteiger partial charge in [-0.1, -0.05) is 6.58 Å². The third-order valence-corrected chi connectivity index (χ3v) is 5.55. The van der Waals surface area contributed by atoms with Crippen LogP contribution in [0.3, 0.4) is 0 Å². The summed E-state index contributed by atoms with van der Waals surface area (Å²) in [6.45, 7) is 4.76. The number of rotatable bonds is 5. The first-order valence-corrected chi connectivity index (χ1v) is 9.77.